The summed E-state index contributed by atoms with van der Waals surface area (Å²) in [7, 11) is 1.65. The van der Waals surface area contributed by atoms with Gasteiger partial charge in [-0.25, -0.2) is 4.98 Å². The number of pyridine rings is 1. The molecule has 0 spiro atoms. The predicted octanol–water partition coefficient (Wildman–Crippen LogP) is 6.18. The minimum absolute atomic E-state index is 0.0518. The summed E-state index contributed by atoms with van der Waals surface area (Å²) in [5.41, 5.74) is 1.91. The van der Waals surface area contributed by atoms with Crippen LogP contribution in [-0.4, -0.2) is 28.7 Å². The average molecular weight is 514 g/mol. The lowest BCUT2D eigenvalue weighted by Crippen LogP contribution is -2.30. The molecule has 0 unspecified atom stereocenters. The fraction of sp³-hybridized carbons (Fsp3) is 0.174. The summed E-state index contributed by atoms with van der Waals surface area (Å²) >= 11 is 6.69. The Labute approximate surface area is 197 Å². The Bertz CT molecular complexity index is 1170. The van der Waals surface area contributed by atoms with E-state index in [1.807, 2.05) is 54.6 Å². The molecule has 2 aromatic carbocycles. The molecule has 0 aliphatic carbocycles. The molecule has 158 valence electrons. The molecule has 0 atom stereocenters. The van der Waals surface area contributed by atoms with Crippen molar-refractivity contribution in [3.63, 3.8) is 0 Å². The predicted molar refractivity (Wildman–Crippen MR) is 131 cm³/mol. The van der Waals surface area contributed by atoms with Crippen molar-refractivity contribution in [3.8, 4) is 5.75 Å². The van der Waals surface area contributed by atoms with Crippen LogP contribution in [0.3, 0.4) is 0 Å². The molecular weight excluding hydrogens is 494 g/mol. The SMILES string of the molecule is COc1ccc(SCCC(=O)N(Cc2ccncc2)c2nc3ccc(Br)cc3s2)cc1. The largest absolute Gasteiger partial charge is 0.497 e. The van der Waals surface area contributed by atoms with Crippen molar-refractivity contribution in [3.05, 3.63) is 77.0 Å². The second-order valence-corrected chi connectivity index (χ2v) is 9.81. The van der Waals surface area contributed by atoms with E-state index in [0.29, 0.717) is 23.8 Å². The first-order chi connectivity index (χ1) is 15.1. The maximum Gasteiger partial charge on any atom is 0.229 e. The van der Waals surface area contributed by atoms with Gasteiger partial charge in [0.25, 0.3) is 0 Å². The van der Waals surface area contributed by atoms with Gasteiger partial charge >= 0.3 is 0 Å². The van der Waals surface area contributed by atoms with Crippen LogP contribution in [0.4, 0.5) is 5.13 Å². The van der Waals surface area contributed by atoms with E-state index in [1.54, 1.807) is 36.2 Å². The molecule has 8 heteroatoms. The smallest absolute Gasteiger partial charge is 0.229 e. The van der Waals surface area contributed by atoms with Gasteiger partial charge in [-0.1, -0.05) is 27.3 Å². The number of hydrogen-bond donors (Lipinski definition) is 0. The Morgan fingerprint density at radius 1 is 1.13 bits per heavy atom. The number of nitrogens with zero attached hydrogens (tertiary/aromatic N) is 3. The number of benzene rings is 2. The van der Waals surface area contributed by atoms with E-state index in [1.165, 1.54) is 11.3 Å². The standard InChI is InChI=1S/C23H20BrN3O2S2/c1-29-18-3-5-19(6-4-18)30-13-10-22(28)27(15-16-8-11-25-12-9-16)23-26-20-7-2-17(24)14-21(20)31-23/h2-9,11-12,14H,10,13,15H2,1H3. The average Bonchev–Trinajstić information content (AvgIpc) is 3.21. The van der Waals surface area contributed by atoms with Crippen molar-refractivity contribution in [2.24, 2.45) is 0 Å². The number of aromatic nitrogens is 2. The van der Waals surface area contributed by atoms with Gasteiger partial charge in [-0.05, 0) is 60.2 Å². The third-order valence-electron chi connectivity index (χ3n) is 4.61. The molecule has 0 aliphatic rings. The lowest BCUT2D eigenvalue weighted by Gasteiger charge is -2.20. The number of amides is 1. The fourth-order valence-corrected chi connectivity index (χ4v) is 5.37. The van der Waals surface area contributed by atoms with Crippen LogP contribution in [0.5, 0.6) is 5.75 Å². The maximum atomic E-state index is 13.2. The summed E-state index contributed by atoms with van der Waals surface area (Å²) in [6.45, 7) is 0.468. The van der Waals surface area contributed by atoms with Gasteiger partial charge in [0.1, 0.15) is 5.75 Å². The van der Waals surface area contributed by atoms with Crippen molar-refractivity contribution < 1.29 is 9.53 Å². The Morgan fingerprint density at radius 2 is 1.90 bits per heavy atom. The van der Waals surface area contributed by atoms with Gasteiger partial charge in [-0.2, -0.15) is 0 Å². The van der Waals surface area contributed by atoms with Gasteiger partial charge in [0, 0.05) is 33.9 Å². The summed E-state index contributed by atoms with van der Waals surface area (Å²) in [4.78, 5) is 24.9. The number of hydrogen-bond acceptors (Lipinski definition) is 6. The molecule has 0 aliphatic heterocycles. The first-order valence-corrected chi connectivity index (χ1v) is 12.2. The summed E-state index contributed by atoms with van der Waals surface area (Å²) in [6, 6.07) is 17.7. The molecule has 4 rings (SSSR count). The lowest BCUT2D eigenvalue weighted by atomic mass is 10.2. The Balaban J connectivity index is 1.50. The molecule has 0 bridgehead atoms. The number of thioether (sulfide) groups is 1. The number of carbonyl (C=O) groups excluding carboxylic acids is 1. The highest BCUT2D eigenvalue weighted by Crippen LogP contribution is 2.32. The second-order valence-electron chi connectivity index (χ2n) is 6.72. The van der Waals surface area contributed by atoms with Crippen LogP contribution in [0.25, 0.3) is 10.2 Å². The summed E-state index contributed by atoms with van der Waals surface area (Å²) in [6.07, 6.45) is 3.90. The third-order valence-corrected chi connectivity index (χ3v) is 7.15. The molecule has 2 aromatic heterocycles. The Hall–Kier alpha value is -2.42. The van der Waals surface area contributed by atoms with E-state index in [9.17, 15) is 4.79 Å². The van der Waals surface area contributed by atoms with Crippen LogP contribution < -0.4 is 9.64 Å². The molecule has 4 aromatic rings. The van der Waals surface area contributed by atoms with Gasteiger partial charge in [0.15, 0.2) is 5.13 Å². The number of ether oxygens (including phenoxy) is 1. The maximum absolute atomic E-state index is 13.2. The van der Waals surface area contributed by atoms with Crippen molar-refractivity contribution in [2.75, 3.05) is 17.8 Å². The van der Waals surface area contributed by atoms with Gasteiger partial charge in [-0.3, -0.25) is 14.7 Å². The van der Waals surface area contributed by atoms with Crippen molar-refractivity contribution in [1.29, 1.82) is 0 Å². The molecular formula is C23H20BrN3O2S2. The number of methoxy groups -OCH3 is 1. The number of thiazole rings is 1. The zero-order valence-electron chi connectivity index (χ0n) is 16.8. The summed E-state index contributed by atoms with van der Waals surface area (Å²) < 4.78 is 7.24. The van der Waals surface area contributed by atoms with Crippen LogP contribution in [0.15, 0.2) is 76.4 Å². The minimum Gasteiger partial charge on any atom is -0.497 e. The highest BCUT2D eigenvalue weighted by molar-refractivity contribution is 9.10. The van der Waals surface area contributed by atoms with Gasteiger partial charge in [0.2, 0.25) is 5.91 Å². The van der Waals surface area contributed by atoms with E-state index in [2.05, 4.69) is 20.9 Å². The first-order valence-electron chi connectivity index (χ1n) is 9.64. The van der Waals surface area contributed by atoms with Gasteiger partial charge in [0.05, 0.1) is 23.9 Å². The molecule has 0 saturated heterocycles. The minimum atomic E-state index is 0.0518. The molecule has 0 N–H and O–H groups in total. The molecule has 0 saturated carbocycles. The van der Waals surface area contributed by atoms with Crippen LogP contribution in [-0.2, 0) is 11.3 Å². The first kappa shape index (κ1) is 21.8. The zero-order valence-corrected chi connectivity index (χ0v) is 20.0. The Morgan fingerprint density at radius 3 is 2.65 bits per heavy atom. The number of anilines is 1. The van der Waals surface area contributed by atoms with Crippen molar-refractivity contribution in [1.82, 2.24) is 9.97 Å². The molecule has 0 fully saturated rings. The molecule has 2 heterocycles. The van der Waals surface area contributed by atoms with Crippen LogP contribution in [0.1, 0.15) is 12.0 Å². The van der Waals surface area contributed by atoms with Gasteiger partial charge in [-0.15, -0.1) is 11.8 Å². The van der Waals surface area contributed by atoms with E-state index in [-0.39, 0.29) is 5.91 Å². The van der Waals surface area contributed by atoms with Crippen molar-refractivity contribution in [2.45, 2.75) is 17.9 Å². The van der Waals surface area contributed by atoms with E-state index >= 15 is 0 Å². The number of carbonyl (C=O) groups is 1. The highest BCUT2D eigenvalue weighted by atomic mass is 79.9. The van der Waals surface area contributed by atoms with E-state index in [4.69, 9.17) is 9.72 Å². The quantitative estimate of drug-likeness (QED) is 0.263. The molecule has 1 amide bonds. The fourth-order valence-electron chi connectivity index (χ4n) is 3.00. The topological polar surface area (TPSA) is 55.3 Å². The van der Waals surface area contributed by atoms with Gasteiger partial charge < -0.3 is 4.74 Å². The summed E-state index contributed by atoms with van der Waals surface area (Å²) in [5, 5.41) is 0.712. The van der Waals surface area contributed by atoms with Crippen LogP contribution >= 0.6 is 39.0 Å². The number of fused-ring (bicyclic) bond motifs is 1. The number of rotatable bonds is 8. The molecule has 5 nitrogen and oxygen atoms in total. The summed E-state index contributed by atoms with van der Waals surface area (Å²) in [5.74, 6) is 1.57. The number of halogens is 1. The normalized spacial score (nSPS) is 10.9. The van der Waals surface area contributed by atoms with Crippen LogP contribution in [0.2, 0.25) is 0 Å². The molecule has 0 radical (unpaired) electrons. The zero-order chi connectivity index (χ0) is 21.6. The third kappa shape index (κ3) is 5.64. The van der Waals surface area contributed by atoms with Crippen molar-refractivity contribution >= 4 is 60.3 Å². The Kier molecular flexibility index (Phi) is 7.21. The molecule has 31 heavy (non-hydrogen) atoms. The highest BCUT2D eigenvalue weighted by Gasteiger charge is 2.20. The lowest BCUT2D eigenvalue weighted by molar-refractivity contribution is -0.118. The monoisotopic (exact) mass is 513 g/mol. The second kappa shape index (κ2) is 10.3. The van der Waals surface area contributed by atoms with E-state index in [0.717, 1.165) is 30.9 Å². The van der Waals surface area contributed by atoms with Crippen LogP contribution in [0, 0.1) is 0 Å². The van der Waals surface area contributed by atoms with E-state index < -0.39 is 0 Å².